The molecule has 2 aromatic heterocycles. The first kappa shape index (κ1) is 17.3. The van der Waals surface area contributed by atoms with Crippen LogP contribution in [0.5, 0.6) is 0 Å². The van der Waals surface area contributed by atoms with Crippen molar-refractivity contribution in [3.63, 3.8) is 0 Å². The van der Waals surface area contributed by atoms with E-state index in [0.29, 0.717) is 19.1 Å². The summed E-state index contributed by atoms with van der Waals surface area (Å²) >= 11 is 0. The Kier molecular flexibility index (Phi) is 5.10. The molecule has 2 saturated heterocycles. The molecular weight excluding hydrogens is 330 g/mol. The number of pyridine rings is 1. The molecule has 2 fully saturated rings. The Morgan fingerprint density at radius 1 is 1.19 bits per heavy atom. The Morgan fingerprint density at radius 2 is 2.04 bits per heavy atom. The summed E-state index contributed by atoms with van der Waals surface area (Å²) in [7, 11) is 0. The van der Waals surface area contributed by atoms with E-state index in [0.717, 1.165) is 56.2 Å². The lowest BCUT2D eigenvalue weighted by atomic mass is 9.95. The van der Waals surface area contributed by atoms with E-state index in [2.05, 4.69) is 25.4 Å². The van der Waals surface area contributed by atoms with Crippen LogP contribution in [0.25, 0.3) is 11.3 Å². The minimum Gasteiger partial charge on any atom is -0.386 e. The van der Waals surface area contributed by atoms with Crippen LogP contribution in [0, 0.1) is 5.92 Å². The number of aromatic nitrogens is 3. The quantitative estimate of drug-likeness (QED) is 0.803. The zero-order valence-corrected chi connectivity index (χ0v) is 14.8. The Labute approximate surface area is 153 Å². The van der Waals surface area contributed by atoms with Crippen LogP contribution in [0.2, 0.25) is 0 Å². The highest BCUT2D eigenvalue weighted by Crippen LogP contribution is 2.24. The first-order chi connectivity index (χ1) is 12.7. The first-order valence-corrected chi connectivity index (χ1v) is 9.22. The maximum atomic E-state index is 10.4. The van der Waals surface area contributed by atoms with Gasteiger partial charge in [0.25, 0.3) is 0 Å². The van der Waals surface area contributed by atoms with Gasteiger partial charge >= 0.3 is 0 Å². The molecule has 0 saturated carbocycles. The maximum absolute atomic E-state index is 10.4. The molecule has 4 heterocycles. The molecule has 2 aromatic rings. The minimum atomic E-state index is -0.698. The van der Waals surface area contributed by atoms with Crippen molar-refractivity contribution >= 4 is 5.82 Å². The average molecular weight is 355 g/mol. The van der Waals surface area contributed by atoms with Crippen LogP contribution in [0.3, 0.4) is 0 Å². The second-order valence-corrected chi connectivity index (χ2v) is 7.30. The molecule has 1 unspecified atom stereocenters. The molecule has 0 bridgehead atoms. The van der Waals surface area contributed by atoms with Gasteiger partial charge < -0.3 is 20.1 Å². The predicted octanol–water partition coefficient (Wildman–Crippen LogP) is 1.11. The Hall–Kier alpha value is -2.09. The number of hydrogen-bond donors (Lipinski definition) is 2. The summed E-state index contributed by atoms with van der Waals surface area (Å²) in [5.41, 5.74) is 1.18. The lowest BCUT2D eigenvalue weighted by Gasteiger charge is -2.40. The van der Waals surface area contributed by atoms with Crippen LogP contribution < -0.4 is 10.2 Å². The minimum absolute atomic E-state index is 0.441. The predicted molar refractivity (Wildman–Crippen MR) is 98.8 cm³/mol. The van der Waals surface area contributed by atoms with Crippen molar-refractivity contribution < 1.29 is 9.84 Å². The van der Waals surface area contributed by atoms with E-state index >= 15 is 0 Å². The lowest BCUT2D eigenvalue weighted by molar-refractivity contribution is -0.0835. The Morgan fingerprint density at radius 3 is 2.73 bits per heavy atom. The number of nitrogens with one attached hydrogen (secondary N) is 1. The molecule has 7 heteroatoms. The molecule has 0 radical (unpaired) electrons. The van der Waals surface area contributed by atoms with Gasteiger partial charge in [-0.1, -0.05) is 0 Å². The maximum Gasteiger partial charge on any atom is 0.151 e. The second kappa shape index (κ2) is 7.65. The van der Waals surface area contributed by atoms with Crippen molar-refractivity contribution in [1.82, 2.24) is 20.5 Å². The molecule has 1 atom stereocenters. The molecule has 0 aliphatic carbocycles. The van der Waals surface area contributed by atoms with Gasteiger partial charge in [0.15, 0.2) is 5.82 Å². The zero-order chi connectivity index (χ0) is 17.8. The van der Waals surface area contributed by atoms with Gasteiger partial charge in [-0.3, -0.25) is 4.98 Å². The topological polar surface area (TPSA) is 83.4 Å². The van der Waals surface area contributed by atoms with E-state index in [1.807, 2.05) is 24.3 Å². The van der Waals surface area contributed by atoms with Crippen molar-refractivity contribution in [3.05, 3.63) is 36.7 Å². The summed E-state index contributed by atoms with van der Waals surface area (Å²) in [4.78, 5) is 6.25. The zero-order valence-electron chi connectivity index (χ0n) is 14.8. The third kappa shape index (κ3) is 4.00. The summed E-state index contributed by atoms with van der Waals surface area (Å²) in [5.74, 6) is 1.49. The Balaban J connectivity index is 1.22. The van der Waals surface area contributed by atoms with Crippen molar-refractivity contribution in [2.24, 2.45) is 5.92 Å². The molecular formula is C19H25N5O2. The van der Waals surface area contributed by atoms with Crippen LogP contribution >= 0.6 is 0 Å². The van der Waals surface area contributed by atoms with E-state index < -0.39 is 5.60 Å². The van der Waals surface area contributed by atoms with Gasteiger partial charge in [0.2, 0.25) is 0 Å². The van der Waals surface area contributed by atoms with Crippen LogP contribution in [-0.4, -0.2) is 65.3 Å². The summed E-state index contributed by atoms with van der Waals surface area (Å²) in [5, 5.41) is 22.5. The molecule has 2 N–H and O–H groups in total. The fraction of sp³-hybridized carbons (Fsp3) is 0.526. The normalized spacial score (nSPS) is 23.7. The second-order valence-electron chi connectivity index (χ2n) is 7.30. The van der Waals surface area contributed by atoms with Gasteiger partial charge in [0.1, 0.15) is 5.60 Å². The fourth-order valence-electron chi connectivity index (χ4n) is 3.54. The molecule has 4 rings (SSSR count). The third-order valence-corrected chi connectivity index (χ3v) is 5.10. The molecule has 0 spiro atoms. The summed E-state index contributed by atoms with van der Waals surface area (Å²) in [6.07, 6.45) is 5.27. The number of nitrogens with zero attached hydrogens (tertiary/aromatic N) is 4. The van der Waals surface area contributed by atoms with Crippen LogP contribution in [0.1, 0.15) is 12.8 Å². The molecule has 0 aromatic carbocycles. The van der Waals surface area contributed by atoms with Gasteiger partial charge in [-0.25, -0.2) is 0 Å². The standard InChI is InChI=1S/C19H25N5O2/c25-19(6-1-9-26-14-19)13-21-10-15-11-24(12-15)18-3-2-17(22-23-18)16-4-7-20-8-5-16/h2-5,7-8,15,21,25H,1,6,9-14H2. The van der Waals surface area contributed by atoms with Gasteiger partial charge in [-0.15, -0.1) is 10.2 Å². The van der Waals surface area contributed by atoms with E-state index in [-0.39, 0.29) is 0 Å². The molecule has 2 aliphatic heterocycles. The van der Waals surface area contributed by atoms with Crippen molar-refractivity contribution in [2.75, 3.05) is 44.3 Å². The van der Waals surface area contributed by atoms with Crippen LogP contribution in [0.15, 0.2) is 36.7 Å². The van der Waals surface area contributed by atoms with E-state index in [4.69, 9.17) is 4.74 Å². The summed E-state index contributed by atoms with van der Waals surface area (Å²) < 4.78 is 5.38. The highest BCUT2D eigenvalue weighted by Gasteiger charge is 2.32. The highest BCUT2D eigenvalue weighted by molar-refractivity contribution is 5.59. The molecule has 2 aliphatic rings. The van der Waals surface area contributed by atoms with E-state index in [1.54, 1.807) is 12.4 Å². The number of aliphatic hydroxyl groups is 1. The summed E-state index contributed by atoms with van der Waals surface area (Å²) in [6.45, 7) is 4.64. The fourth-order valence-corrected chi connectivity index (χ4v) is 3.54. The van der Waals surface area contributed by atoms with Crippen LogP contribution in [-0.2, 0) is 4.74 Å². The highest BCUT2D eigenvalue weighted by atomic mass is 16.5. The third-order valence-electron chi connectivity index (χ3n) is 5.10. The molecule has 138 valence electrons. The first-order valence-electron chi connectivity index (χ1n) is 9.22. The monoisotopic (exact) mass is 355 g/mol. The van der Waals surface area contributed by atoms with Gasteiger partial charge in [-0.2, -0.15) is 0 Å². The van der Waals surface area contributed by atoms with Crippen molar-refractivity contribution in [3.8, 4) is 11.3 Å². The van der Waals surface area contributed by atoms with Crippen LogP contribution in [0.4, 0.5) is 5.82 Å². The number of rotatable bonds is 6. The Bertz CT molecular complexity index is 698. The van der Waals surface area contributed by atoms with Gasteiger partial charge in [0.05, 0.1) is 12.3 Å². The van der Waals surface area contributed by atoms with Gasteiger partial charge in [0, 0.05) is 56.7 Å². The van der Waals surface area contributed by atoms with Gasteiger partial charge in [-0.05, 0) is 37.1 Å². The number of hydrogen-bond acceptors (Lipinski definition) is 7. The molecule has 7 nitrogen and oxygen atoms in total. The van der Waals surface area contributed by atoms with E-state index in [1.165, 1.54) is 0 Å². The van der Waals surface area contributed by atoms with E-state index in [9.17, 15) is 5.11 Å². The SMILES string of the molecule is OC1(CNCC2CN(c3ccc(-c4ccncc4)nn3)C2)CCCOC1. The lowest BCUT2D eigenvalue weighted by Crippen LogP contribution is -2.54. The average Bonchev–Trinajstić information content (AvgIpc) is 2.65. The largest absolute Gasteiger partial charge is 0.386 e. The smallest absolute Gasteiger partial charge is 0.151 e. The van der Waals surface area contributed by atoms with Crippen molar-refractivity contribution in [1.29, 1.82) is 0 Å². The summed E-state index contributed by atoms with van der Waals surface area (Å²) in [6, 6.07) is 7.89. The molecule has 26 heavy (non-hydrogen) atoms. The number of anilines is 1. The number of ether oxygens (including phenoxy) is 1. The van der Waals surface area contributed by atoms with Crippen molar-refractivity contribution in [2.45, 2.75) is 18.4 Å². The molecule has 0 amide bonds.